The lowest BCUT2D eigenvalue weighted by atomic mass is 9.87. The molecular weight excluding hydrogens is 464 g/mol. The number of carbonyl (C=O) groups excluding carboxylic acids is 2. The van der Waals surface area contributed by atoms with Gasteiger partial charge in [-0.1, -0.05) is 39.0 Å². The van der Waals surface area contributed by atoms with Crippen LogP contribution in [0.1, 0.15) is 49.5 Å². The fourth-order valence-electron chi connectivity index (χ4n) is 4.75. The molecule has 0 spiro atoms. The fourth-order valence-corrected chi connectivity index (χ4v) is 4.75. The van der Waals surface area contributed by atoms with Gasteiger partial charge in [-0.15, -0.1) is 0 Å². The van der Waals surface area contributed by atoms with Crippen molar-refractivity contribution in [2.45, 2.75) is 52.3 Å². The summed E-state index contributed by atoms with van der Waals surface area (Å²) in [6, 6.07) is 11.7. The van der Waals surface area contributed by atoms with E-state index >= 15 is 0 Å². The monoisotopic (exact) mass is 497 g/mol. The summed E-state index contributed by atoms with van der Waals surface area (Å²) < 4.78 is 5.36. The maximum absolute atomic E-state index is 12.8. The van der Waals surface area contributed by atoms with Gasteiger partial charge in [0.2, 0.25) is 0 Å². The molecule has 2 aromatic carbocycles. The normalized spacial score (nSPS) is 17.3. The van der Waals surface area contributed by atoms with Gasteiger partial charge in [-0.05, 0) is 42.5 Å². The van der Waals surface area contributed by atoms with Gasteiger partial charge in [0.05, 0.1) is 29.7 Å². The minimum atomic E-state index is -0.476. The lowest BCUT2D eigenvalue weighted by molar-refractivity contribution is 0.0848. The number of nitrogens with one attached hydrogen (secondary N) is 1. The molecule has 2 aliphatic rings. The molecule has 2 aromatic rings. The van der Waals surface area contributed by atoms with Gasteiger partial charge in [-0.25, -0.2) is 4.79 Å². The van der Waals surface area contributed by atoms with Gasteiger partial charge >= 0.3 is 6.09 Å². The lowest BCUT2D eigenvalue weighted by Gasteiger charge is -2.42. The minimum Gasteiger partial charge on any atom is -0.733 e. The first-order valence-corrected chi connectivity index (χ1v) is 12.1. The number of hydrogen-bond acceptors (Lipinski definition) is 8. The molecule has 0 aromatic heterocycles. The number of para-hydroxylation sites is 1. The highest BCUT2D eigenvalue weighted by molar-refractivity contribution is 5.97. The van der Waals surface area contributed by atoms with Crippen LogP contribution in [0, 0.1) is 10.6 Å². The number of cyclic esters (lactones) is 1. The Morgan fingerprint density at radius 2 is 1.89 bits per heavy atom. The van der Waals surface area contributed by atoms with Crippen molar-refractivity contribution < 1.29 is 24.6 Å². The second kappa shape index (κ2) is 10.3. The van der Waals surface area contributed by atoms with Crippen molar-refractivity contribution in [3.63, 3.8) is 0 Å². The molecule has 0 unspecified atom stereocenters. The van der Waals surface area contributed by atoms with Crippen LogP contribution in [0.4, 0.5) is 21.9 Å². The van der Waals surface area contributed by atoms with E-state index in [0.29, 0.717) is 31.6 Å². The zero-order valence-electron chi connectivity index (χ0n) is 20.8. The fraction of sp³-hybridized carbons (Fsp3) is 0.462. The third-order valence-corrected chi connectivity index (χ3v) is 6.95. The Bertz CT molecular complexity index is 1110. The van der Waals surface area contributed by atoms with E-state index in [9.17, 15) is 25.1 Å². The molecule has 0 bridgehead atoms. The molecule has 0 saturated carbocycles. The number of benzene rings is 2. The largest absolute Gasteiger partial charge is 0.733 e. The van der Waals surface area contributed by atoms with Crippen LogP contribution in [0.5, 0.6) is 0 Å². The van der Waals surface area contributed by atoms with E-state index in [2.05, 4.69) is 5.32 Å². The van der Waals surface area contributed by atoms with Crippen LogP contribution >= 0.6 is 0 Å². The van der Waals surface area contributed by atoms with Gasteiger partial charge in [0, 0.05) is 30.3 Å². The van der Waals surface area contributed by atoms with E-state index in [1.54, 1.807) is 17.0 Å². The maximum Gasteiger partial charge on any atom is 0.414 e. The first kappa shape index (κ1) is 25.7. The Morgan fingerprint density at radius 3 is 2.53 bits per heavy atom. The average molecular weight is 498 g/mol. The number of fused-ring (bicyclic) bond motifs is 1. The summed E-state index contributed by atoms with van der Waals surface area (Å²) in [5, 5.41) is 34.0. The molecule has 1 atom stereocenters. The molecule has 10 nitrogen and oxygen atoms in total. The molecule has 2 aliphatic heterocycles. The predicted molar refractivity (Wildman–Crippen MR) is 136 cm³/mol. The second-order valence-corrected chi connectivity index (χ2v) is 10.3. The van der Waals surface area contributed by atoms with E-state index in [4.69, 9.17) is 4.74 Å². The number of amides is 2. The SMILES string of the molecule is CC(C)(C)[C@@H](CO)NC(=O)c1ccc(N2CCC(N3C(=O)OCc4ccccc43)CC2)c(N([O-])O)c1. The van der Waals surface area contributed by atoms with Gasteiger partial charge in [-0.2, -0.15) is 0 Å². The van der Waals surface area contributed by atoms with Crippen molar-refractivity contribution in [2.75, 3.05) is 34.7 Å². The van der Waals surface area contributed by atoms with Crippen LogP contribution < -0.4 is 20.3 Å². The highest BCUT2D eigenvalue weighted by Crippen LogP contribution is 2.35. The number of nitrogens with zero attached hydrogens (tertiary/aromatic N) is 3. The number of piperidine rings is 1. The number of aliphatic hydroxyl groups excluding tert-OH is 1. The van der Waals surface area contributed by atoms with Crippen LogP contribution in [-0.4, -0.2) is 54.1 Å². The molecule has 10 heteroatoms. The number of anilines is 3. The number of aliphatic hydroxyl groups is 1. The highest BCUT2D eigenvalue weighted by Gasteiger charge is 2.34. The van der Waals surface area contributed by atoms with Crippen LogP contribution in [-0.2, 0) is 11.3 Å². The van der Waals surface area contributed by atoms with Crippen LogP contribution in [0.3, 0.4) is 0 Å². The van der Waals surface area contributed by atoms with Gasteiger partial charge in [0.1, 0.15) is 6.61 Å². The number of rotatable bonds is 6. The lowest BCUT2D eigenvalue weighted by Crippen LogP contribution is -2.49. The third-order valence-electron chi connectivity index (χ3n) is 6.95. The van der Waals surface area contributed by atoms with Gasteiger partial charge in [0.15, 0.2) is 0 Å². The van der Waals surface area contributed by atoms with Gasteiger partial charge in [-0.3, -0.25) is 14.9 Å². The smallest absolute Gasteiger partial charge is 0.414 e. The van der Waals surface area contributed by atoms with Crippen molar-refractivity contribution in [2.24, 2.45) is 5.41 Å². The summed E-state index contributed by atoms with van der Waals surface area (Å²) in [4.78, 5) is 29.0. The zero-order valence-corrected chi connectivity index (χ0v) is 20.8. The highest BCUT2D eigenvalue weighted by atomic mass is 16.8. The Kier molecular flexibility index (Phi) is 7.39. The Labute approximate surface area is 210 Å². The summed E-state index contributed by atoms with van der Waals surface area (Å²) in [5.74, 6) is -0.445. The topological polar surface area (TPSA) is 129 Å². The average Bonchev–Trinajstić information content (AvgIpc) is 2.86. The molecule has 4 rings (SSSR count). The first-order chi connectivity index (χ1) is 17.1. The van der Waals surface area contributed by atoms with Gasteiger partial charge < -0.3 is 30.5 Å². The van der Waals surface area contributed by atoms with E-state index in [1.807, 2.05) is 49.9 Å². The van der Waals surface area contributed by atoms with Crippen molar-refractivity contribution in [1.82, 2.24) is 5.32 Å². The van der Waals surface area contributed by atoms with Crippen molar-refractivity contribution in [3.05, 3.63) is 58.8 Å². The molecule has 36 heavy (non-hydrogen) atoms. The number of hydrogen-bond donors (Lipinski definition) is 3. The molecule has 1 fully saturated rings. The molecule has 0 aliphatic carbocycles. The molecule has 194 valence electrons. The third kappa shape index (κ3) is 5.25. The minimum absolute atomic E-state index is 0.0415. The first-order valence-electron chi connectivity index (χ1n) is 12.1. The van der Waals surface area contributed by atoms with E-state index in [1.165, 1.54) is 6.07 Å². The Balaban J connectivity index is 1.49. The van der Waals surface area contributed by atoms with Crippen molar-refractivity contribution in [1.29, 1.82) is 0 Å². The van der Waals surface area contributed by atoms with E-state index < -0.39 is 11.9 Å². The molecule has 2 heterocycles. The summed E-state index contributed by atoms with van der Waals surface area (Å²) in [6.07, 6.45) is 0.916. The maximum atomic E-state index is 12.8. The predicted octanol–water partition coefficient (Wildman–Crippen LogP) is 3.64. The van der Waals surface area contributed by atoms with E-state index in [0.717, 1.165) is 11.3 Å². The molecular formula is C26H33N4O6-. The zero-order chi connectivity index (χ0) is 26.0. The van der Waals surface area contributed by atoms with E-state index in [-0.39, 0.29) is 47.2 Å². The molecule has 0 radical (unpaired) electrons. The quantitative estimate of drug-likeness (QED) is 0.516. The summed E-state index contributed by atoms with van der Waals surface area (Å²) in [7, 11) is 0. The van der Waals surface area contributed by atoms with Crippen LogP contribution in [0.2, 0.25) is 0 Å². The van der Waals surface area contributed by atoms with Gasteiger partial charge in [0.25, 0.3) is 5.91 Å². The Hall–Kier alpha value is -3.34. The number of ether oxygens (including phenoxy) is 1. The van der Waals surface area contributed by atoms with Crippen LogP contribution in [0.15, 0.2) is 42.5 Å². The van der Waals surface area contributed by atoms with Crippen LogP contribution in [0.25, 0.3) is 0 Å². The second-order valence-electron chi connectivity index (χ2n) is 10.3. The molecule has 2 amide bonds. The number of carbonyl (C=O) groups is 2. The Morgan fingerprint density at radius 1 is 1.19 bits per heavy atom. The van der Waals surface area contributed by atoms with Crippen molar-refractivity contribution in [3.8, 4) is 0 Å². The standard InChI is InChI=1S/C26H33N4O6/c1-26(2,3)23(15-31)27-24(32)17-8-9-21(22(14-17)30(34)35)28-12-10-19(11-13-28)29-20-7-5-4-6-18(20)16-36-25(29)33/h4-9,14,19,23,31,34H,10-13,15-16H2,1-3H3,(H,27,32)/q-1/t23-/m1/s1. The van der Waals surface area contributed by atoms with Crippen molar-refractivity contribution >= 4 is 29.1 Å². The molecule has 3 N–H and O–H groups in total. The molecule has 1 saturated heterocycles. The summed E-state index contributed by atoms with van der Waals surface area (Å²) >= 11 is 0. The summed E-state index contributed by atoms with van der Waals surface area (Å²) in [5.41, 5.74) is 2.13. The summed E-state index contributed by atoms with van der Waals surface area (Å²) in [6.45, 7) is 6.83.